The Morgan fingerprint density at radius 1 is 1.44 bits per heavy atom. The third-order valence-corrected chi connectivity index (χ3v) is 3.07. The Labute approximate surface area is 56.6 Å². The highest BCUT2D eigenvalue weighted by Crippen LogP contribution is 2.59. The molecule has 0 amide bonds. The SMILES string of the molecule is CC1(CN)CC2CC2C1. The highest BCUT2D eigenvalue weighted by molar-refractivity contribution is 5.01. The topological polar surface area (TPSA) is 26.0 Å². The maximum Gasteiger partial charge on any atom is -0.00230 e. The van der Waals surface area contributed by atoms with Crippen molar-refractivity contribution >= 4 is 0 Å². The second-order valence-electron chi connectivity index (χ2n) is 4.18. The van der Waals surface area contributed by atoms with Crippen LogP contribution >= 0.6 is 0 Å². The highest BCUT2D eigenvalue weighted by Gasteiger charge is 2.50. The largest absolute Gasteiger partial charge is 0.330 e. The smallest absolute Gasteiger partial charge is 0.00230 e. The van der Waals surface area contributed by atoms with E-state index in [1.165, 1.54) is 19.3 Å². The van der Waals surface area contributed by atoms with Crippen LogP contribution in [0.15, 0.2) is 0 Å². The van der Waals surface area contributed by atoms with Crippen molar-refractivity contribution in [2.24, 2.45) is 23.0 Å². The summed E-state index contributed by atoms with van der Waals surface area (Å²) < 4.78 is 0. The molecule has 2 unspecified atom stereocenters. The molecule has 0 radical (unpaired) electrons. The second kappa shape index (κ2) is 1.51. The summed E-state index contributed by atoms with van der Waals surface area (Å²) in [4.78, 5) is 0. The van der Waals surface area contributed by atoms with E-state index in [1.807, 2.05) is 0 Å². The molecule has 0 saturated heterocycles. The molecule has 2 aliphatic carbocycles. The molecule has 0 aliphatic heterocycles. The van der Waals surface area contributed by atoms with Gasteiger partial charge in [-0.25, -0.2) is 0 Å². The quantitative estimate of drug-likeness (QED) is 0.563. The molecule has 0 spiro atoms. The van der Waals surface area contributed by atoms with Crippen molar-refractivity contribution in [3.05, 3.63) is 0 Å². The van der Waals surface area contributed by atoms with Crippen LogP contribution in [-0.4, -0.2) is 6.54 Å². The predicted molar refractivity (Wildman–Crippen MR) is 38.0 cm³/mol. The van der Waals surface area contributed by atoms with E-state index in [0.29, 0.717) is 5.41 Å². The van der Waals surface area contributed by atoms with E-state index in [4.69, 9.17) is 5.73 Å². The molecule has 0 aromatic carbocycles. The van der Waals surface area contributed by atoms with Crippen LogP contribution < -0.4 is 5.73 Å². The molecule has 9 heavy (non-hydrogen) atoms. The zero-order chi connectivity index (χ0) is 6.48. The number of rotatable bonds is 1. The lowest BCUT2D eigenvalue weighted by Crippen LogP contribution is -2.24. The average Bonchev–Trinajstić information content (AvgIpc) is 2.42. The average molecular weight is 125 g/mol. The summed E-state index contributed by atoms with van der Waals surface area (Å²) in [5.41, 5.74) is 6.19. The van der Waals surface area contributed by atoms with Gasteiger partial charge in [0.15, 0.2) is 0 Å². The van der Waals surface area contributed by atoms with Crippen LogP contribution in [0.4, 0.5) is 0 Å². The molecule has 2 atom stereocenters. The minimum absolute atomic E-state index is 0.535. The van der Waals surface area contributed by atoms with Crippen molar-refractivity contribution in [2.75, 3.05) is 6.54 Å². The lowest BCUT2D eigenvalue weighted by molar-refractivity contribution is 0.311. The van der Waals surface area contributed by atoms with Gasteiger partial charge in [-0.3, -0.25) is 0 Å². The monoisotopic (exact) mass is 125 g/mol. The van der Waals surface area contributed by atoms with Gasteiger partial charge in [0.25, 0.3) is 0 Å². The third kappa shape index (κ3) is 0.787. The van der Waals surface area contributed by atoms with Crippen LogP contribution in [0.3, 0.4) is 0 Å². The van der Waals surface area contributed by atoms with Gasteiger partial charge in [0.05, 0.1) is 0 Å². The minimum atomic E-state index is 0.535. The number of hydrogen-bond acceptors (Lipinski definition) is 1. The van der Waals surface area contributed by atoms with Crippen molar-refractivity contribution in [1.29, 1.82) is 0 Å². The summed E-state index contributed by atoms with van der Waals surface area (Å²) in [5, 5.41) is 0. The molecule has 52 valence electrons. The molecule has 2 fully saturated rings. The molecule has 1 nitrogen and oxygen atoms in total. The number of nitrogens with two attached hydrogens (primary N) is 1. The van der Waals surface area contributed by atoms with E-state index in [-0.39, 0.29) is 0 Å². The highest BCUT2D eigenvalue weighted by atomic mass is 14.7. The first-order valence-corrected chi connectivity index (χ1v) is 3.94. The van der Waals surface area contributed by atoms with Crippen molar-refractivity contribution < 1.29 is 0 Å². The van der Waals surface area contributed by atoms with Gasteiger partial charge in [-0.1, -0.05) is 6.92 Å². The Morgan fingerprint density at radius 2 is 2.00 bits per heavy atom. The fraction of sp³-hybridized carbons (Fsp3) is 1.00. The van der Waals surface area contributed by atoms with Crippen LogP contribution in [0, 0.1) is 17.3 Å². The van der Waals surface area contributed by atoms with E-state index < -0.39 is 0 Å². The van der Waals surface area contributed by atoms with Crippen molar-refractivity contribution in [2.45, 2.75) is 26.2 Å². The van der Waals surface area contributed by atoms with Crippen LogP contribution in [0.25, 0.3) is 0 Å². The maximum atomic E-state index is 5.65. The molecule has 2 saturated carbocycles. The number of fused-ring (bicyclic) bond motifs is 1. The summed E-state index contributed by atoms with van der Waals surface area (Å²) in [7, 11) is 0. The zero-order valence-electron chi connectivity index (χ0n) is 6.06. The van der Waals surface area contributed by atoms with Gasteiger partial charge < -0.3 is 5.73 Å². The lowest BCUT2D eigenvalue weighted by Gasteiger charge is -2.22. The van der Waals surface area contributed by atoms with Crippen molar-refractivity contribution in [3.63, 3.8) is 0 Å². The lowest BCUT2D eigenvalue weighted by atomic mass is 9.86. The molecule has 2 aliphatic rings. The Balaban J connectivity index is 2.02. The molecule has 0 aromatic rings. The van der Waals surface area contributed by atoms with E-state index in [2.05, 4.69) is 6.92 Å². The van der Waals surface area contributed by atoms with Crippen molar-refractivity contribution in [3.8, 4) is 0 Å². The predicted octanol–water partition coefficient (Wildman–Crippen LogP) is 1.38. The maximum absolute atomic E-state index is 5.65. The van der Waals surface area contributed by atoms with Gasteiger partial charge in [-0.05, 0) is 43.1 Å². The Kier molecular flexibility index (Phi) is 0.963. The van der Waals surface area contributed by atoms with Gasteiger partial charge in [-0.15, -0.1) is 0 Å². The molecule has 2 N–H and O–H groups in total. The summed E-state index contributed by atoms with van der Waals surface area (Å²) in [6.07, 6.45) is 4.33. The molecular weight excluding hydrogens is 110 g/mol. The first-order chi connectivity index (χ1) is 4.23. The standard InChI is InChI=1S/C8H15N/c1-8(5-9)3-6-2-7(6)4-8/h6-7H,2-5,9H2,1H3. The normalized spacial score (nSPS) is 55.3. The van der Waals surface area contributed by atoms with Crippen molar-refractivity contribution in [1.82, 2.24) is 0 Å². The van der Waals surface area contributed by atoms with Crippen LogP contribution in [0.2, 0.25) is 0 Å². The van der Waals surface area contributed by atoms with Gasteiger partial charge in [0.1, 0.15) is 0 Å². The zero-order valence-corrected chi connectivity index (χ0v) is 6.06. The Bertz CT molecular complexity index is 121. The Morgan fingerprint density at radius 3 is 2.33 bits per heavy atom. The van der Waals surface area contributed by atoms with E-state index in [9.17, 15) is 0 Å². The Hall–Kier alpha value is -0.0400. The molecule has 0 bridgehead atoms. The fourth-order valence-electron chi connectivity index (χ4n) is 2.33. The van der Waals surface area contributed by atoms with Crippen LogP contribution in [0.1, 0.15) is 26.2 Å². The summed E-state index contributed by atoms with van der Waals surface area (Å²) in [6.45, 7) is 3.24. The van der Waals surface area contributed by atoms with Crippen LogP contribution in [-0.2, 0) is 0 Å². The molecule has 2 rings (SSSR count). The first kappa shape index (κ1) is 5.72. The molecule has 0 heterocycles. The fourth-order valence-corrected chi connectivity index (χ4v) is 2.33. The molecule has 1 heteroatoms. The van der Waals surface area contributed by atoms with Gasteiger partial charge in [-0.2, -0.15) is 0 Å². The van der Waals surface area contributed by atoms with E-state index in [0.717, 1.165) is 18.4 Å². The first-order valence-electron chi connectivity index (χ1n) is 3.94. The summed E-state index contributed by atoms with van der Waals surface area (Å²) in [5.74, 6) is 2.16. The minimum Gasteiger partial charge on any atom is -0.330 e. The molecular formula is C8H15N. The van der Waals surface area contributed by atoms with Crippen LogP contribution in [0.5, 0.6) is 0 Å². The molecule has 0 aromatic heterocycles. The van der Waals surface area contributed by atoms with Gasteiger partial charge in [0.2, 0.25) is 0 Å². The van der Waals surface area contributed by atoms with E-state index >= 15 is 0 Å². The van der Waals surface area contributed by atoms with E-state index in [1.54, 1.807) is 0 Å². The third-order valence-electron chi connectivity index (χ3n) is 3.07. The summed E-state index contributed by atoms with van der Waals surface area (Å²) in [6, 6.07) is 0. The number of hydrogen-bond donors (Lipinski definition) is 1. The second-order valence-corrected chi connectivity index (χ2v) is 4.18. The van der Waals surface area contributed by atoms with Gasteiger partial charge >= 0.3 is 0 Å². The summed E-state index contributed by atoms with van der Waals surface area (Å²) >= 11 is 0. The van der Waals surface area contributed by atoms with Gasteiger partial charge in [0, 0.05) is 0 Å².